The molecular formula is C13H27Cl2N3O. The van der Waals surface area contributed by atoms with Gasteiger partial charge in [0.1, 0.15) is 0 Å². The maximum atomic E-state index is 11.6. The monoisotopic (exact) mass is 311 g/mol. The van der Waals surface area contributed by atoms with Crippen LogP contribution in [-0.2, 0) is 4.79 Å². The van der Waals surface area contributed by atoms with Gasteiger partial charge in [0.15, 0.2) is 0 Å². The number of hydrogen-bond donors (Lipinski definition) is 2. The predicted molar refractivity (Wildman–Crippen MR) is 83.2 cm³/mol. The summed E-state index contributed by atoms with van der Waals surface area (Å²) in [5.41, 5.74) is 5.30. The molecule has 0 aromatic heterocycles. The number of carbonyl (C=O) groups excluding carboxylic acids is 1. The van der Waals surface area contributed by atoms with E-state index < -0.39 is 5.54 Å². The third kappa shape index (κ3) is 5.46. The molecular weight excluding hydrogens is 285 g/mol. The van der Waals surface area contributed by atoms with Crippen LogP contribution in [-0.4, -0.2) is 42.0 Å². The van der Waals surface area contributed by atoms with Crippen molar-refractivity contribution in [1.29, 1.82) is 0 Å². The molecule has 0 radical (unpaired) electrons. The van der Waals surface area contributed by atoms with Crippen molar-refractivity contribution in [3.8, 4) is 0 Å². The lowest BCUT2D eigenvalue weighted by atomic mass is 10.0. The van der Waals surface area contributed by atoms with Gasteiger partial charge in [-0.25, -0.2) is 0 Å². The molecule has 0 aromatic carbocycles. The Kier molecular flexibility index (Phi) is 8.29. The molecule has 1 saturated heterocycles. The van der Waals surface area contributed by atoms with Crippen LogP contribution in [0.25, 0.3) is 0 Å². The van der Waals surface area contributed by atoms with E-state index in [2.05, 4.69) is 17.1 Å². The number of likely N-dealkylation sites (tertiary alicyclic amines) is 1. The number of piperidine rings is 1. The van der Waals surface area contributed by atoms with Crippen LogP contribution in [0.1, 0.15) is 45.4 Å². The number of hydrogen-bond acceptors (Lipinski definition) is 3. The molecule has 1 amide bonds. The van der Waals surface area contributed by atoms with Gasteiger partial charge in [0.25, 0.3) is 0 Å². The first kappa shape index (κ1) is 19.0. The van der Waals surface area contributed by atoms with Gasteiger partial charge in [0.05, 0.1) is 5.54 Å². The number of carbonyl (C=O) groups is 1. The summed E-state index contributed by atoms with van der Waals surface area (Å²) in [5, 5.41) is 2.95. The molecule has 0 bridgehead atoms. The van der Waals surface area contributed by atoms with Gasteiger partial charge < -0.3 is 16.0 Å². The Balaban J connectivity index is 0.00000162. The minimum Gasteiger partial charge on any atom is -0.354 e. The summed E-state index contributed by atoms with van der Waals surface area (Å²) in [6.07, 6.45) is 6.74. The van der Waals surface area contributed by atoms with E-state index >= 15 is 0 Å². The van der Waals surface area contributed by atoms with E-state index in [1.807, 2.05) is 0 Å². The van der Waals surface area contributed by atoms with Crippen molar-refractivity contribution >= 4 is 30.7 Å². The molecule has 1 heterocycles. The highest BCUT2D eigenvalue weighted by Gasteiger charge is 2.45. The highest BCUT2D eigenvalue weighted by molar-refractivity contribution is 5.88. The number of halogens is 2. The van der Waals surface area contributed by atoms with Crippen molar-refractivity contribution in [1.82, 2.24) is 10.2 Å². The summed E-state index contributed by atoms with van der Waals surface area (Å²) in [5.74, 6) is 0.0455. The highest BCUT2D eigenvalue weighted by Crippen LogP contribution is 2.31. The summed E-state index contributed by atoms with van der Waals surface area (Å²) < 4.78 is 0. The van der Waals surface area contributed by atoms with Crippen LogP contribution >= 0.6 is 24.8 Å². The first-order valence-corrected chi connectivity index (χ1v) is 6.93. The van der Waals surface area contributed by atoms with Crippen molar-refractivity contribution in [2.45, 2.75) is 57.0 Å². The number of amides is 1. The topological polar surface area (TPSA) is 58.4 Å². The van der Waals surface area contributed by atoms with Gasteiger partial charge in [-0.2, -0.15) is 0 Å². The molecule has 1 atom stereocenters. The highest BCUT2D eigenvalue weighted by atomic mass is 35.5. The summed E-state index contributed by atoms with van der Waals surface area (Å²) in [7, 11) is 0. The Labute approximate surface area is 128 Å². The van der Waals surface area contributed by atoms with Crippen LogP contribution in [0.3, 0.4) is 0 Å². The quantitative estimate of drug-likeness (QED) is 0.760. The molecule has 2 rings (SSSR count). The molecule has 3 N–H and O–H groups in total. The fraction of sp³-hybridized carbons (Fsp3) is 0.923. The van der Waals surface area contributed by atoms with Gasteiger partial charge in [-0.05, 0) is 45.6 Å². The van der Waals surface area contributed by atoms with Crippen molar-refractivity contribution in [3.05, 3.63) is 0 Å². The second kappa shape index (κ2) is 8.30. The third-order valence-corrected chi connectivity index (χ3v) is 4.09. The fourth-order valence-corrected chi connectivity index (χ4v) is 2.51. The predicted octanol–water partition coefficient (Wildman–Crippen LogP) is 1.70. The first-order valence-electron chi connectivity index (χ1n) is 6.93. The number of rotatable bonds is 5. The van der Waals surface area contributed by atoms with Gasteiger partial charge in [-0.3, -0.25) is 4.79 Å². The molecule has 0 aromatic rings. The Bertz CT molecular complexity index is 285. The van der Waals surface area contributed by atoms with E-state index in [0.717, 1.165) is 32.4 Å². The zero-order valence-corrected chi connectivity index (χ0v) is 13.3. The summed E-state index contributed by atoms with van der Waals surface area (Å²) in [6.45, 7) is 5.38. The molecule has 114 valence electrons. The van der Waals surface area contributed by atoms with Crippen molar-refractivity contribution in [2.24, 2.45) is 5.73 Å². The normalized spacial score (nSPS) is 24.8. The zero-order chi connectivity index (χ0) is 12.3. The first-order chi connectivity index (χ1) is 8.12. The second-order valence-corrected chi connectivity index (χ2v) is 5.65. The second-order valence-electron chi connectivity index (χ2n) is 5.65. The van der Waals surface area contributed by atoms with Crippen molar-refractivity contribution < 1.29 is 4.79 Å². The molecule has 1 saturated carbocycles. The third-order valence-electron chi connectivity index (χ3n) is 4.09. The van der Waals surface area contributed by atoms with E-state index in [1.54, 1.807) is 0 Å². The molecule has 6 heteroatoms. The molecule has 4 nitrogen and oxygen atoms in total. The number of nitrogens with zero attached hydrogens (tertiary/aromatic N) is 1. The molecule has 19 heavy (non-hydrogen) atoms. The number of nitrogens with two attached hydrogens (primary N) is 1. The Morgan fingerprint density at radius 1 is 1.37 bits per heavy atom. The Hall–Kier alpha value is -0.0300. The molecule has 1 aliphatic carbocycles. The van der Waals surface area contributed by atoms with Crippen LogP contribution in [0.4, 0.5) is 0 Å². The van der Waals surface area contributed by atoms with Crippen LogP contribution in [0.5, 0.6) is 0 Å². The minimum absolute atomic E-state index is 0. The van der Waals surface area contributed by atoms with Crippen LogP contribution < -0.4 is 11.1 Å². The van der Waals surface area contributed by atoms with E-state index in [1.165, 1.54) is 25.8 Å². The molecule has 1 aliphatic heterocycles. The largest absolute Gasteiger partial charge is 0.354 e. The van der Waals surface area contributed by atoms with E-state index in [-0.39, 0.29) is 30.7 Å². The van der Waals surface area contributed by atoms with Crippen LogP contribution in [0.2, 0.25) is 0 Å². The zero-order valence-electron chi connectivity index (χ0n) is 11.7. The van der Waals surface area contributed by atoms with Gasteiger partial charge in [0, 0.05) is 19.1 Å². The molecule has 2 fully saturated rings. The van der Waals surface area contributed by atoms with Crippen molar-refractivity contribution in [2.75, 3.05) is 19.6 Å². The minimum atomic E-state index is -0.515. The standard InChI is InChI=1S/C13H25N3O.2ClH/c1-11-5-2-3-9-16(11)10-4-8-15-12(17)13(14)6-7-13;;/h11H,2-10,14H2,1H3,(H,15,17);2*1H. The van der Waals surface area contributed by atoms with Crippen LogP contribution in [0, 0.1) is 0 Å². The average molecular weight is 312 g/mol. The maximum Gasteiger partial charge on any atom is 0.240 e. The summed E-state index contributed by atoms with van der Waals surface area (Å²) in [4.78, 5) is 14.1. The SMILES string of the molecule is CC1CCCCN1CCCNC(=O)C1(N)CC1.Cl.Cl. The Morgan fingerprint density at radius 3 is 2.63 bits per heavy atom. The fourth-order valence-electron chi connectivity index (χ4n) is 2.51. The Morgan fingerprint density at radius 2 is 2.05 bits per heavy atom. The van der Waals surface area contributed by atoms with E-state index in [0.29, 0.717) is 6.04 Å². The van der Waals surface area contributed by atoms with Gasteiger partial charge >= 0.3 is 0 Å². The number of nitrogens with one attached hydrogen (secondary N) is 1. The average Bonchev–Trinajstić information content (AvgIpc) is 3.06. The molecule has 1 unspecified atom stereocenters. The molecule has 0 spiro atoms. The van der Waals surface area contributed by atoms with Crippen molar-refractivity contribution in [3.63, 3.8) is 0 Å². The lowest BCUT2D eigenvalue weighted by Crippen LogP contribution is -2.44. The van der Waals surface area contributed by atoms with Crippen LogP contribution in [0.15, 0.2) is 0 Å². The van der Waals surface area contributed by atoms with Gasteiger partial charge in [-0.1, -0.05) is 6.42 Å². The summed E-state index contributed by atoms with van der Waals surface area (Å²) >= 11 is 0. The summed E-state index contributed by atoms with van der Waals surface area (Å²) in [6, 6.07) is 0.712. The lowest BCUT2D eigenvalue weighted by molar-refractivity contribution is -0.123. The van der Waals surface area contributed by atoms with E-state index in [4.69, 9.17) is 5.73 Å². The molecule has 2 aliphatic rings. The lowest BCUT2D eigenvalue weighted by Gasteiger charge is -2.33. The van der Waals surface area contributed by atoms with Gasteiger partial charge in [0.2, 0.25) is 5.91 Å². The maximum absolute atomic E-state index is 11.6. The van der Waals surface area contributed by atoms with Gasteiger partial charge in [-0.15, -0.1) is 24.8 Å². The smallest absolute Gasteiger partial charge is 0.240 e. The van der Waals surface area contributed by atoms with E-state index in [9.17, 15) is 4.79 Å².